The van der Waals surface area contributed by atoms with Gasteiger partial charge in [-0.2, -0.15) is 0 Å². The summed E-state index contributed by atoms with van der Waals surface area (Å²) < 4.78 is 11.2. The average molecular weight is 416 g/mol. The molecule has 0 fully saturated rings. The maximum absolute atomic E-state index is 12.5. The van der Waals surface area contributed by atoms with Crippen molar-refractivity contribution >= 4 is 35.0 Å². The summed E-state index contributed by atoms with van der Waals surface area (Å²) in [4.78, 5) is 14.3. The number of nitrogens with zero attached hydrogens (tertiary/aromatic N) is 3. The fraction of sp³-hybridized carbons (Fsp3) is 0.250. The number of benzene rings is 2. The topological polar surface area (TPSA) is 68.5 Å². The van der Waals surface area contributed by atoms with E-state index in [9.17, 15) is 4.79 Å². The van der Waals surface area contributed by atoms with Crippen LogP contribution in [0.1, 0.15) is 17.0 Å². The van der Waals surface area contributed by atoms with E-state index in [2.05, 4.69) is 16.3 Å². The Hall–Kier alpha value is -2.51. The number of ether oxygens (including phenoxy) is 1. The van der Waals surface area contributed by atoms with Crippen molar-refractivity contribution in [3.05, 3.63) is 64.5 Å². The number of hydrogen-bond donors (Lipinski definition) is 0. The predicted molar refractivity (Wildman–Crippen MR) is 108 cm³/mol. The quantitative estimate of drug-likeness (QED) is 0.559. The van der Waals surface area contributed by atoms with Crippen LogP contribution in [0.3, 0.4) is 0 Å². The van der Waals surface area contributed by atoms with Gasteiger partial charge in [-0.1, -0.05) is 41.6 Å². The molecule has 6 nitrogen and oxygen atoms in total. The molecule has 0 N–H and O–H groups in total. The highest BCUT2D eigenvalue weighted by molar-refractivity contribution is 7.99. The van der Waals surface area contributed by atoms with E-state index in [0.717, 1.165) is 17.7 Å². The van der Waals surface area contributed by atoms with E-state index in [1.165, 1.54) is 17.3 Å². The van der Waals surface area contributed by atoms with Crippen LogP contribution in [-0.2, 0) is 17.8 Å². The molecule has 0 aliphatic carbocycles. The second-order valence-electron chi connectivity index (χ2n) is 6.37. The van der Waals surface area contributed by atoms with E-state index in [4.69, 9.17) is 20.8 Å². The van der Waals surface area contributed by atoms with Crippen LogP contribution in [0.15, 0.2) is 52.1 Å². The van der Waals surface area contributed by atoms with Crippen LogP contribution in [0, 0.1) is 6.92 Å². The number of aryl methyl sites for hydroxylation is 1. The van der Waals surface area contributed by atoms with Crippen LogP contribution < -0.4 is 9.64 Å². The Kier molecular flexibility index (Phi) is 5.54. The molecular weight excluding hydrogens is 398 g/mol. The van der Waals surface area contributed by atoms with Gasteiger partial charge in [-0.25, -0.2) is 0 Å². The molecule has 0 saturated carbocycles. The summed E-state index contributed by atoms with van der Waals surface area (Å²) in [6, 6.07) is 13.4. The van der Waals surface area contributed by atoms with E-state index in [-0.39, 0.29) is 18.3 Å². The number of hydrogen-bond acceptors (Lipinski definition) is 6. The van der Waals surface area contributed by atoms with Gasteiger partial charge in [0.1, 0.15) is 5.75 Å². The third kappa shape index (κ3) is 4.15. The molecule has 4 rings (SSSR count). The van der Waals surface area contributed by atoms with Gasteiger partial charge in [0.15, 0.2) is 6.61 Å². The standard InChI is InChI=1S/C20H18ClN3O3S/c1-13-10-15(6-7-16(13)21)26-11-18-22-23-20(27-18)28-12-19(25)24-9-8-14-4-2-3-5-17(14)24/h2-7,10H,8-9,11-12H2,1H3. The lowest BCUT2D eigenvalue weighted by atomic mass is 10.2. The van der Waals surface area contributed by atoms with Gasteiger partial charge in [-0.3, -0.25) is 4.79 Å². The second kappa shape index (κ2) is 8.24. The van der Waals surface area contributed by atoms with Gasteiger partial charge in [0.05, 0.1) is 5.75 Å². The molecule has 0 saturated heterocycles. The SMILES string of the molecule is Cc1cc(OCc2nnc(SCC(=O)N3CCc4ccccc43)o2)ccc1Cl. The summed E-state index contributed by atoms with van der Waals surface area (Å²) >= 11 is 7.24. The Morgan fingerprint density at radius 1 is 1.29 bits per heavy atom. The Labute approximate surface area is 171 Å². The number of fused-ring (bicyclic) bond motifs is 1. The second-order valence-corrected chi connectivity index (χ2v) is 7.71. The third-order valence-electron chi connectivity index (χ3n) is 4.45. The van der Waals surface area contributed by atoms with Crippen molar-refractivity contribution in [2.75, 3.05) is 17.2 Å². The summed E-state index contributed by atoms with van der Waals surface area (Å²) in [5.41, 5.74) is 3.13. The highest BCUT2D eigenvalue weighted by Gasteiger charge is 2.24. The van der Waals surface area contributed by atoms with Crippen molar-refractivity contribution in [1.29, 1.82) is 0 Å². The first-order valence-electron chi connectivity index (χ1n) is 8.82. The zero-order chi connectivity index (χ0) is 19.5. The molecule has 0 unspecified atom stereocenters. The molecule has 0 bridgehead atoms. The fourth-order valence-corrected chi connectivity index (χ4v) is 3.78. The van der Waals surface area contributed by atoms with Crippen molar-refractivity contribution in [2.24, 2.45) is 0 Å². The lowest BCUT2D eigenvalue weighted by molar-refractivity contribution is -0.116. The maximum Gasteiger partial charge on any atom is 0.277 e. The highest BCUT2D eigenvalue weighted by atomic mass is 35.5. The van der Waals surface area contributed by atoms with Crippen LogP contribution in [-0.4, -0.2) is 28.4 Å². The monoisotopic (exact) mass is 415 g/mol. The summed E-state index contributed by atoms with van der Waals surface area (Å²) in [6.07, 6.45) is 0.888. The van der Waals surface area contributed by atoms with Gasteiger partial charge < -0.3 is 14.1 Å². The number of para-hydroxylation sites is 1. The lowest BCUT2D eigenvalue weighted by Crippen LogP contribution is -2.30. The third-order valence-corrected chi connectivity index (χ3v) is 5.67. The fourth-order valence-electron chi connectivity index (χ4n) is 3.01. The van der Waals surface area contributed by atoms with E-state index in [0.29, 0.717) is 28.4 Å². The molecule has 0 atom stereocenters. The molecule has 8 heteroatoms. The average Bonchev–Trinajstić information content (AvgIpc) is 3.34. The largest absolute Gasteiger partial charge is 0.484 e. The predicted octanol–water partition coefficient (Wildman–Crippen LogP) is 4.29. The number of amides is 1. The molecule has 1 aliphatic heterocycles. The van der Waals surface area contributed by atoms with Gasteiger partial charge in [0.2, 0.25) is 5.91 Å². The molecule has 0 radical (unpaired) electrons. The molecule has 0 spiro atoms. The summed E-state index contributed by atoms with van der Waals surface area (Å²) in [6.45, 7) is 2.77. The first-order valence-corrected chi connectivity index (χ1v) is 10.2. The van der Waals surface area contributed by atoms with Crippen molar-refractivity contribution in [3.63, 3.8) is 0 Å². The van der Waals surface area contributed by atoms with E-state index < -0.39 is 0 Å². The first-order chi connectivity index (χ1) is 13.6. The number of carbonyl (C=O) groups excluding carboxylic acids is 1. The smallest absolute Gasteiger partial charge is 0.277 e. The molecule has 2 heterocycles. The number of rotatable bonds is 6. The Morgan fingerprint density at radius 2 is 2.14 bits per heavy atom. The van der Waals surface area contributed by atoms with Crippen molar-refractivity contribution in [3.8, 4) is 5.75 Å². The van der Waals surface area contributed by atoms with E-state index in [1.807, 2.05) is 36.1 Å². The van der Waals surface area contributed by atoms with Crippen LogP contribution in [0.4, 0.5) is 5.69 Å². The van der Waals surface area contributed by atoms with E-state index in [1.54, 1.807) is 12.1 Å². The normalized spacial score (nSPS) is 12.9. The van der Waals surface area contributed by atoms with Gasteiger partial charge in [-0.15, -0.1) is 10.2 Å². The van der Waals surface area contributed by atoms with Crippen molar-refractivity contribution in [2.45, 2.75) is 25.2 Å². The van der Waals surface area contributed by atoms with Gasteiger partial charge in [0.25, 0.3) is 11.1 Å². The number of carbonyl (C=O) groups is 1. The molecule has 3 aromatic rings. The number of aromatic nitrogens is 2. The van der Waals surface area contributed by atoms with Crippen molar-refractivity contribution in [1.82, 2.24) is 10.2 Å². The lowest BCUT2D eigenvalue weighted by Gasteiger charge is -2.16. The Balaban J connectivity index is 1.30. The molecule has 144 valence electrons. The summed E-state index contributed by atoms with van der Waals surface area (Å²) in [5, 5.41) is 8.99. The minimum Gasteiger partial charge on any atom is -0.484 e. The molecule has 2 aromatic carbocycles. The highest BCUT2D eigenvalue weighted by Crippen LogP contribution is 2.29. The molecule has 28 heavy (non-hydrogen) atoms. The minimum absolute atomic E-state index is 0.0302. The molecule has 1 aromatic heterocycles. The first kappa shape index (κ1) is 18.8. The van der Waals surface area contributed by atoms with Crippen LogP contribution in [0.2, 0.25) is 5.02 Å². The Morgan fingerprint density at radius 3 is 3.00 bits per heavy atom. The maximum atomic E-state index is 12.5. The summed E-state index contributed by atoms with van der Waals surface area (Å²) in [5.74, 6) is 1.31. The zero-order valence-electron chi connectivity index (χ0n) is 15.2. The van der Waals surface area contributed by atoms with Crippen molar-refractivity contribution < 1.29 is 13.9 Å². The van der Waals surface area contributed by atoms with Gasteiger partial charge in [-0.05, 0) is 48.7 Å². The minimum atomic E-state index is 0.0302. The van der Waals surface area contributed by atoms with Gasteiger partial charge >= 0.3 is 0 Å². The van der Waals surface area contributed by atoms with Crippen LogP contribution in [0.25, 0.3) is 0 Å². The number of thioether (sulfide) groups is 1. The number of anilines is 1. The molecular formula is C20H18ClN3O3S. The number of halogens is 1. The van der Waals surface area contributed by atoms with E-state index >= 15 is 0 Å². The van der Waals surface area contributed by atoms with Crippen LogP contribution >= 0.6 is 23.4 Å². The zero-order valence-corrected chi connectivity index (χ0v) is 16.8. The van der Waals surface area contributed by atoms with Crippen LogP contribution in [0.5, 0.6) is 5.75 Å². The Bertz CT molecular complexity index is 1010. The molecule has 1 aliphatic rings. The molecule has 1 amide bonds. The van der Waals surface area contributed by atoms with Gasteiger partial charge in [0, 0.05) is 17.3 Å². The summed E-state index contributed by atoms with van der Waals surface area (Å²) in [7, 11) is 0.